The summed E-state index contributed by atoms with van der Waals surface area (Å²) in [5, 5.41) is 3.34. The number of rotatable bonds is 5. The molecule has 0 aliphatic rings. The molecule has 1 aromatic rings. The Morgan fingerprint density at radius 3 is 2.56 bits per heavy atom. The van der Waals surface area contributed by atoms with Crippen LogP contribution in [0.2, 0.25) is 5.15 Å². The number of carbonyl (C=O) groups is 1. The number of aromatic nitrogens is 1. The van der Waals surface area contributed by atoms with Crippen LogP contribution in [0.15, 0.2) is 12.1 Å². The molecule has 3 nitrogen and oxygen atoms in total. The SMILES string of the molecule is Cc1cc(C(=O)NC(C)CCC(C)C)cc(Cl)n1. The Balaban J connectivity index is 2.59. The quantitative estimate of drug-likeness (QED) is 0.829. The van der Waals surface area contributed by atoms with Crippen LogP contribution in [-0.4, -0.2) is 16.9 Å². The molecular weight excluding hydrogens is 248 g/mol. The second-order valence-electron chi connectivity index (χ2n) is 5.17. The van der Waals surface area contributed by atoms with Gasteiger partial charge < -0.3 is 5.32 Å². The second-order valence-corrected chi connectivity index (χ2v) is 5.55. The van der Waals surface area contributed by atoms with Gasteiger partial charge in [0.1, 0.15) is 5.15 Å². The van der Waals surface area contributed by atoms with Crippen molar-refractivity contribution in [3.8, 4) is 0 Å². The number of hydrogen-bond donors (Lipinski definition) is 1. The Hall–Kier alpha value is -1.09. The highest BCUT2D eigenvalue weighted by Gasteiger charge is 2.11. The van der Waals surface area contributed by atoms with Crippen LogP contribution in [0.1, 0.15) is 49.7 Å². The lowest BCUT2D eigenvalue weighted by molar-refractivity contribution is 0.0937. The number of halogens is 1. The molecule has 0 aliphatic heterocycles. The molecule has 1 rings (SSSR count). The van der Waals surface area contributed by atoms with Gasteiger partial charge >= 0.3 is 0 Å². The third kappa shape index (κ3) is 5.05. The number of nitrogens with one attached hydrogen (secondary N) is 1. The molecule has 4 heteroatoms. The molecule has 1 aromatic heterocycles. The average Bonchev–Trinajstić information content (AvgIpc) is 2.25. The minimum atomic E-state index is -0.0846. The van der Waals surface area contributed by atoms with Gasteiger partial charge in [0.25, 0.3) is 5.91 Å². The Labute approximate surface area is 114 Å². The van der Waals surface area contributed by atoms with Crippen molar-refractivity contribution in [3.63, 3.8) is 0 Å². The predicted molar refractivity (Wildman–Crippen MR) is 75.0 cm³/mol. The average molecular weight is 269 g/mol. The molecule has 0 fully saturated rings. The molecule has 0 aliphatic carbocycles. The van der Waals surface area contributed by atoms with E-state index in [4.69, 9.17) is 11.6 Å². The number of amides is 1. The summed E-state index contributed by atoms with van der Waals surface area (Å²) < 4.78 is 0. The fraction of sp³-hybridized carbons (Fsp3) is 0.571. The van der Waals surface area contributed by atoms with Crippen molar-refractivity contribution in [2.75, 3.05) is 0 Å². The normalized spacial score (nSPS) is 12.6. The van der Waals surface area contributed by atoms with E-state index in [9.17, 15) is 4.79 Å². The van der Waals surface area contributed by atoms with Gasteiger partial charge in [0.05, 0.1) is 0 Å². The van der Waals surface area contributed by atoms with E-state index in [0.717, 1.165) is 18.5 Å². The summed E-state index contributed by atoms with van der Waals surface area (Å²) in [6.07, 6.45) is 2.10. The number of aryl methyl sites for hydroxylation is 1. The maximum absolute atomic E-state index is 12.0. The third-order valence-corrected chi connectivity index (χ3v) is 2.93. The first-order valence-electron chi connectivity index (χ1n) is 6.33. The molecule has 1 unspecified atom stereocenters. The van der Waals surface area contributed by atoms with Gasteiger partial charge in [-0.25, -0.2) is 4.98 Å². The van der Waals surface area contributed by atoms with Crippen molar-refractivity contribution in [2.45, 2.75) is 46.6 Å². The van der Waals surface area contributed by atoms with E-state index in [0.29, 0.717) is 16.6 Å². The van der Waals surface area contributed by atoms with Crippen LogP contribution < -0.4 is 5.32 Å². The van der Waals surface area contributed by atoms with E-state index in [1.165, 1.54) is 0 Å². The summed E-state index contributed by atoms with van der Waals surface area (Å²) in [7, 11) is 0. The summed E-state index contributed by atoms with van der Waals surface area (Å²) in [5.41, 5.74) is 1.33. The fourth-order valence-corrected chi connectivity index (χ4v) is 1.97. The predicted octanol–water partition coefficient (Wildman–Crippen LogP) is 3.60. The molecule has 1 atom stereocenters. The van der Waals surface area contributed by atoms with Crippen molar-refractivity contribution >= 4 is 17.5 Å². The third-order valence-electron chi connectivity index (χ3n) is 2.74. The minimum Gasteiger partial charge on any atom is -0.350 e. The lowest BCUT2D eigenvalue weighted by Gasteiger charge is -2.15. The zero-order chi connectivity index (χ0) is 13.7. The van der Waals surface area contributed by atoms with Gasteiger partial charge in [-0.3, -0.25) is 4.79 Å². The first kappa shape index (κ1) is 15.0. The molecule has 1 heterocycles. The summed E-state index contributed by atoms with van der Waals surface area (Å²) in [5.74, 6) is 0.570. The van der Waals surface area contributed by atoms with Crippen molar-refractivity contribution < 1.29 is 4.79 Å². The largest absolute Gasteiger partial charge is 0.350 e. The smallest absolute Gasteiger partial charge is 0.251 e. The maximum Gasteiger partial charge on any atom is 0.251 e. The number of nitrogens with zero attached hydrogens (tertiary/aromatic N) is 1. The molecule has 0 saturated heterocycles. The monoisotopic (exact) mass is 268 g/mol. The Bertz CT molecular complexity index is 398. The zero-order valence-corrected chi connectivity index (χ0v) is 12.2. The Morgan fingerprint density at radius 1 is 1.33 bits per heavy atom. The number of pyridine rings is 1. The Kier molecular flexibility index (Phi) is 5.60. The first-order valence-corrected chi connectivity index (χ1v) is 6.71. The van der Waals surface area contributed by atoms with Crippen molar-refractivity contribution in [1.82, 2.24) is 10.3 Å². The molecule has 0 radical (unpaired) electrons. The maximum atomic E-state index is 12.0. The van der Waals surface area contributed by atoms with E-state index in [2.05, 4.69) is 24.1 Å². The van der Waals surface area contributed by atoms with Gasteiger partial charge in [-0.1, -0.05) is 25.4 Å². The van der Waals surface area contributed by atoms with Crippen molar-refractivity contribution in [2.24, 2.45) is 5.92 Å². The minimum absolute atomic E-state index is 0.0846. The number of hydrogen-bond acceptors (Lipinski definition) is 2. The van der Waals surface area contributed by atoms with Crippen LogP contribution in [0.4, 0.5) is 0 Å². The van der Waals surface area contributed by atoms with Crippen LogP contribution >= 0.6 is 11.6 Å². The highest BCUT2D eigenvalue weighted by atomic mass is 35.5. The van der Waals surface area contributed by atoms with Crippen LogP contribution in [0.5, 0.6) is 0 Å². The first-order chi connectivity index (χ1) is 8.38. The number of carbonyl (C=O) groups excluding carboxylic acids is 1. The summed E-state index contributed by atoms with van der Waals surface area (Å²) in [4.78, 5) is 16.0. The standard InChI is InChI=1S/C14H21ClN2O/c1-9(2)5-6-10(3)17-14(18)12-7-11(4)16-13(15)8-12/h7-10H,5-6H2,1-4H3,(H,17,18). The van der Waals surface area contributed by atoms with Crippen LogP contribution in [0.25, 0.3) is 0 Å². The van der Waals surface area contributed by atoms with Crippen molar-refractivity contribution in [1.29, 1.82) is 0 Å². The summed E-state index contributed by atoms with van der Waals surface area (Å²) in [6.45, 7) is 8.21. The van der Waals surface area contributed by atoms with Crippen molar-refractivity contribution in [3.05, 3.63) is 28.5 Å². The van der Waals surface area contributed by atoms with Crippen LogP contribution in [0.3, 0.4) is 0 Å². The van der Waals surface area contributed by atoms with E-state index in [-0.39, 0.29) is 11.9 Å². The van der Waals surface area contributed by atoms with Gasteiger partial charge in [0, 0.05) is 17.3 Å². The topological polar surface area (TPSA) is 42.0 Å². The van der Waals surface area contributed by atoms with E-state index < -0.39 is 0 Å². The Morgan fingerprint density at radius 2 is 2.00 bits per heavy atom. The molecular formula is C14H21ClN2O. The van der Waals surface area contributed by atoms with E-state index in [1.54, 1.807) is 12.1 Å². The fourth-order valence-electron chi connectivity index (χ4n) is 1.72. The summed E-state index contributed by atoms with van der Waals surface area (Å²) >= 11 is 5.84. The van der Waals surface area contributed by atoms with E-state index >= 15 is 0 Å². The molecule has 1 amide bonds. The molecule has 0 aromatic carbocycles. The molecule has 100 valence electrons. The lowest BCUT2D eigenvalue weighted by Crippen LogP contribution is -2.32. The highest BCUT2D eigenvalue weighted by molar-refractivity contribution is 6.29. The molecule has 0 saturated carbocycles. The molecule has 18 heavy (non-hydrogen) atoms. The van der Waals surface area contributed by atoms with Gasteiger partial charge in [-0.15, -0.1) is 0 Å². The molecule has 0 bridgehead atoms. The second kappa shape index (κ2) is 6.74. The van der Waals surface area contributed by atoms with Gasteiger partial charge in [-0.2, -0.15) is 0 Å². The van der Waals surface area contributed by atoms with Crippen LogP contribution in [-0.2, 0) is 0 Å². The van der Waals surface area contributed by atoms with Crippen LogP contribution in [0, 0.1) is 12.8 Å². The van der Waals surface area contributed by atoms with Gasteiger partial charge in [-0.05, 0) is 44.7 Å². The van der Waals surface area contributed by atoms with Gasteiger partial charge in [0.2, 0.25) is 0 Å². The zero-order valence-electron chi connectivity index (χ0n) is 11.5. The highest BCUT2D eigenvalue weighted by Crippen LogP contribution is 2.11. The molecule has 1 N–H and O–H groups in total. The van der Waals surface area contributed by atoms with Gasteiger partial charge in [0.15, 0.2) is 0 Å². The lowest BCUT2D eigenvalue weighted by atomic mass is 10.0. The van der Waals surface area contributed by atoms with E-state index in [1.807, 2.05) is 13.8 Å². The summed E-state index contributed by atoms with van der Waals surface area (Å²) in [6, 6.07) is 3.52. The molecule has 0 spiro atoms.